The molecule has 2 aromatic rings. The van der Waals surface area contributed by atoms with Crippen molar-refractivity contribution in [1.82, 2.24) is 5.32 Å². The molecule has 0 aliphatic carbocycles. The summed E-state index contributed by atoms with van der Waals surface area (Å²) in [5.41, 5.74) is 7.28. The van der Waals surface area contributed by atoms with E-state index in [0.717, 1.165) is 5.56 Å². The van der Waals surface area contributed by atoms with Crippen LogP contribution in [0.15, 0.2) is 48.5 Å². The molecule has 0 aliphatic heterocycles. The average molecular weight is 291 g/mol. The van der Waals surface area contributed by atoms with Gasteiger partial charge in [0.2, 0.25) is 0 Å². The highest BCUT2D eigenvalue weighted by Crippen LogP contribution is 2.16. The smallest absolute Gasteiger partial charge is 0.258 e. The Balaban J connectivity index is 1.78. The third-order valence-electron chi connectivity index (χ3n) is 2.61. The molecule has 4 nitrogen and oxygen atoms in total. The van der Waals surface area contributed by atoms with Crippen molar-refractivity contribution in [3.05, 3.63) is 59.1 Å². The molecule has 0 heterocycles. The van der Waals surface area contributed by atoms with Crippen molar-refractivity contribution >= 4 is 23.2 Å². The van der Waals surface area contributed by atoms with Crippen LogP contribution < -0.4 is 15.8 Å². The Hall–Kier alpha value is -2.20. The lowest BCUT2D eigenvalue weighted by Crippen LogP contribution is -2.28. The lowest BCUT2D eigenvalue weighted by Gasteiger charge is -2.08. The van der Waals surface area contributed by atoms with Crippen LogP contribution in [-0.4, -0.2) is 12.5 Å². The number of nitrogen functional groups attached to an aromatic ring is 1. The van der Waals surface area contributed by atoms with Gasteiger partial charge in [0.25, 0.3) is 5.91 Å². The van der Waals surface area contributed by atoms with E-state index in [9.17, 15) is 4.79 Å². The minimum absolute atomic E-state index is 0.0529. The predicted octanol–water partition coefficient (Wildman–Crippen LogP) is 2.62. The third kappa shape index (κ3) is 4.48. The van der Waals surface area contributed by atoms with Crippen LogP contribution in [0.5, 0.6) is 5.75 Å². The number of amides is 1. The van der Waals surface area contributed by atoms with E-state index in [4.69, 9.17) is 22.1 Å². The van der Waals surface area contributed by atoms with Gasteiger partial charge in [-0.15, -0.1) is 0 Å². The number of hydrogen-bond acceptors (Lipinski definition) is 3. The molecule has 0 saturated heterocycles. The second-order valence-electron chi connectivity index (χ2n) is 4.27. The number of halogens is 1. The van der Waals surface area contributed by atoms with Gasteiger partial charge in [-0.2, -0.15) is 0 Å². The molecule has 3 N–H and O–H groups in total. The van der Waals surface area contributed by atoms with Crippen LogP contribution in [0.3, 0.4) is 0 Å². The number of hydrogen-bond donors (Lipinski definition) is 2. The van der Waals surface area contributed by atoms with Crippen LogP contribution in [0.25, 0.3) is 0 Å². The fraction of sp³-hybridized carbons (Fsp3) is 0.133. The van der Waals surface area contributed by atoms with Gasteiger partial charge < -0.3 is 15.8 Å². The van der Waals surface area contributed by atoms with Crippen molar-refractivity contribution in [3.8, 4) is 5.75 Å². The van der Waals surface area contributed by atoms with Gasteiger partial charge in [0.05, 0.1) is 0 Å². The zero-order chi connectivity index (χ0) is 14.4. The number of anilines is 1. The monoisotopic (exact) mass is 290 g/mol. The first-order valence-corrected chi connectivity index (χ1v) is 6.51. The van der Waals surface area contributed by atoms with Gasteiger partial charge in [-0.05, 0) is 35.9 Å². The molecule has 5 heteroatoms. The topological polar surface area (TPSA) is 64.3 Å². The highest BCUT2D eigenvalue weighted by atomic mass is 35.5. The second kappa shape index (κ2) is 6.82. The summed E-state index contributed by atoms with van der Waals surface area (Å²) in [5, 5.41) is 3.33. The molecule has 0 bridgehead atoms. The summed E-state index contributed by atoms with van der Waals surface area (Å²) in [6, 6.07) is 14.3. The lowest BCUT2D eigenvalue weighted by atomic mass is 10.2. The molecular formula is C15H15ClN2O2. The van der Waals surface area contributed by atoms with Crippen LogP contribution in [0, 0.1) is 0 Å². The molecule has 1 amide bonds. The largest absolute Gasteiger partial charge is 0.484 e. The fourth-order valence-corrected chi connectivity index (χ4v) is 1.84. The molecule has 0 spiro atoms. The summed E-state index contributed by atoms with van der Waals surface area (Å²) in [4.78, 5) is 11.7. The van der Waals surface area contributed by atoms with Crippen LogP contribution in [0.1, 0.15) is 5.56 Å². The van der Waals surface area contributed by atoms with E-state index >= 15 is 0 Å². The molecule has 0 radical (unpaired) electrons. The number of carbonyl (C=O) groups is 1. The number of nitrogens with one attached hydrogen (secondary N) is 1. The van der Waals surface area contributed by atoms with Crippen LogP contribution in [0.4, 0.5) is 5.69 Å². The molecule has 104 valence electrons. The van der Waals surface area contributed by atoms with Crippen molar-refractivity contribution in [2.75, 3.05) is 12.3 Å². The van der Waals surface area contributed by atoms with E-state index in [0.29, 0.717) is 23.0 Å². The highest BCUT2D eigenvalue weighted by molar-refractivity contribution is 6.30. The summed E-state index contributed by atoms with van der Waals surface area (Å²) in [5.74, 6) is 0.365. The molecule has 20 heavy (non-hydrogen) atoms. The standard InChI is InChI=1S/C15H15ClN2O2/c16-12-4-2-6-14(8-12)20-10-15(19)18-9-11-3-1-5-13(17)7-11/h1-8H,9-10,17H2,(H,18,19). The Bertz CT molecular complexity index is 550. The van der Waals surface area contributed by atoms with Gasteiger partial charge in [0, 0.05) is 17.3 Å². The van der Waals surface area contributed by atoms with E-state index in [1.54, 1.807) is 30.3 Å². The van der Waals surface area contributed by atoms with E-state index in [1.165, 1.54) is 0 Å². The lowest BCUT2D eigenvalue weighted by molar-refractivity contribution is -0.123. The summed E-state index contributed by atoms with van der Waals surface area (Å²) in [7, 11) is 0. The molecule has 2 rings (SSSR count). The quantitative estimate of drug-likeness (QED) is 0.832. The number of carbonyl (C=O) groups excluding carboxylic acids is 1. The molecular weight excluding hydrogens is 276 g/mol. The predicted molar refractivity (Wildman–Crippen MR) is 79.6 cm³/mol. The Morgan fingerprint density at radius 3 is 2.75 bits per heavy atom. The maximum Gasteiger partial charge on any atom is 0.258 e. The second-order valence-corrected chi connectivity index (χ2v) is 4.70. The van der Waals surface area contributed by atoms with Crippen LogP contribution >= 0.6 is 11.6 Å². The van der Waals surface area contributed by atoms with E-state index < -0.39 is 0 Å². The molecule has 0 aliphatic rings. The maximum absolute atomic E-state index is 11.7. The van der Waals surface area contributed by atoms with Gasteiger partial charge >= 0.3 is 0 Å². The Labute approximate surface area is 122 Å². The van der Waals surface area contributed by atoms with Crippen LogP contribution in [-0.2, 0) is 11.3 Å². The van der Waals surface area contributed by atoms with E-state index in [2.05, 4.69) is 5.32 Å². The third-order valence-corrected chi connectivity index (χ3v) is 2.84. The molecule has 0 saturated carbocycles. The minimum atomic E-state index is -0.201. The van der Waals surface area contributed by atoms with Gasteiger partial charge in [0.1, 0.15) is 5.75 Å². The van der Waals surface area contributed by atoms with Gasteiger partial charge in [-0.25, -0.2) is 0 Å². The van der Waals surface area contributed by atoms with Crippen molar-refractivity contribution in [3.63, 3.8) is 0 Å². The van der Waals surface area contributed by atoms with E-state index in [-0.39, 0.29) is 12.5 Å². The SMILES string of the molecule is Nc1cccc(CNC(=O)COc2cccc(Cl)c2)c1. The first kappa shape index (κ1) is 14.2. The number of benzene rings is 2. The zero-order valence-corrected chi connectivity index (χ0v) is 11.6. The van der Waals surface area contributed by atoms with Crippen molar-refractivity contribution in [2.45, 2.75) is 6.54 Å². The number of nitrogens with two attached hydrogens (primary N) is 1. The van der Waals surface area contributed by atoms with Gasteiger partial charge in [-0.3, -0.25) is 4.79 Å². The highest BCUT2D eigenvalue weighted by Gasteiger charge is 2.03. The Morgan fingerprint density at radius 1 is 1.20 bits per heavy atom. The van der Waals surface area contributed by atoms with Crippen LogP contribution in [0.2, 0.25) is 5.02 Å². The van der Waals surface area contributed by atoms with Gasteiger partial charge in [0.15, 0.2) is 6.61 Å². The molecule has 0 unspecified atom stereocenters. The van der Waals surface area contributed by atoms with Gasteiger partial charge in [-0.1, -0.05) is 29.8 Å². The average Bonchev–Trinajstić information content (AvgIpc) is 2.43. The maximum atomic E-state index is 11.7. The summed E-state index contributed by atoms with van der Waals surface area (Å²) in [6.07, 6.45) is 0. The first-order chi connectivity index (χ1) is 9.63. The van der Waals surface area contributed by atoms with Crippen molar-refractivity contribution < 1.29 is 9.53 Å². The first-order valence-electron chi connectivity index (χ1n) is 6.13. The normalized spacial score (nSPS) is 10.1. The Kier molecular flexibility index (Phi) is 4.85. The molecule has 0 aromatic heterocycles. The van der Waals surface area contributed by atoms with E-state index in [1.807, 2.05) is 18.2 Å². The molecule has 2 aromatic carbocycles. The number of rotatable bonds is 5. The summed E-state index contributed by atoms with van der Waals surface area (Å²) in [6.45, 7) is 0.367. The summed E-state index contributed by atoms with van der Waals surface area (Å²) >= 11 is 5.82. The number of ether oxygens (including phenoxy) is 1. The molecule has 0 atom stereocenters. The summed E-state index contributed by atoms with van der Waals surface area (Å²) < 4.78 is 5.34. The Morgan fingerprint density at radius 2 is 2.00 bits per heavy atom. The molecule has 0 fully saturated rings. The fourth-order valence-electron chi connectivity index (χ4n) is 1.66. The minimum Gasteiger partial charge on any atom is -0.484 e. The van der Waals surface area contributed by atoms with Crippen molar-refractivity contribution in [1.29, 1.82) is 0 Å². The van der Waals surface area contributed by atoms with Crippen molar-refractivity contribution in [2.24, 2.45) is 0 Å². The zero-order valence-electron chi connectivity index (χ0n) is 10.8.